The Morgan fingerprint density at radius 3 is 2.94 bits per heavy atom. The summed E-state index contributed by atoms with van der Waals surface area (Å²) in [6.07, 6.45) is 4.09. The Kier molecular flexibility index (Phi) is 2.99. The largest absolute Gasteiger partial charge is 0.348 e. The molecule has 18 heavy (non-hydrogen) atoms. The van der Waals surface area contributed by atoms with E-state index in [1.807, 2.05) is 18.3 Å². The summed E-state index contributed by atoms with van der Waals surface area (Å²) in [4.78, 5) is 4.49. The molecule has 0 atom stereocenters. The lowest BCUT2D eigenvalue weighted by molar-refractivity contribution is 0.363. The van der Waals surface area contributed by atoms with Gasteiger partial charge in [0.1, 0.15) is 0 Å². The van der Waals surface area contributed by atoms with Crippen LogP contribution in [0, 0.1) is 0 Å². The molecule has 2 aromatic heterocycles. The van der Waals surface area contributed by atoms with Crippen LogP contribution in [0.2, 0.25) is 0 Å². The van der Waals surface area contributed by atoms with Gasteiger partial charge in [0, 0.05) is 16.2 Å². The quantitative estimate of drug-likeness (QED) is 0.891. The molecule has 0 bridgehead atoms. The first kappa shape index (κ1) is 11.9. The molecular weight excluding hydrogens is 294 g/mol. The van der Waals surface area contributed by atoms with Gasteiger partial charge in [-0.15, -0.1) is 5.10 Å². The van der Waals surface area contributed by atoms with Crippen molar-refractivity contribution in [2.24, 2.45) is 0 Å². The third-order valence-electron chi connectivity index (χ3n) is 3.42. The van der Waals surface area contributed by atoms with Crippen LogP contribution in [0.1, 0.15) is 19.8 Å². The minimum Gasteiger partial charge on any atom is -0.348 e. The maximum atomic E-state index is 4.49. The van der Waals surface area contributed by atoms with E-state index in [4.69, 9.17) is 0 Å². The normalized spacial score (nSPS) is 19.0. The summed E-state index contributed by atoms with van der Waals surface area (Å²) in [7, 11) is 0. The average molecular weight is 310 g/mol. The van der Waals surface area contributed by atoms with Crippen molar-refractivity contribution in [3.63, 3.8) is 0 Å². The summed E-state index contributed by atoms with van der Waals surface area (Å²) in [6.45, 7) is 4.32. The van der Waals surface area contributed by atoms with Crippen molar-refractivity contribution in [2.45, 2.75) is 25.3 Å². The molecule has 0 unspecified atom stereocenters. The fraction of sp³-hybridized carbons (Fsp3) is 0.500. The number of halogens is 1. The molecule has 3 rings (SSSR count). The maximum Gasteiger partial charge on any atom is 0.243 e. The Morgan fingerprint density at radius 2 is 2.17 bits per heavy atom. The summed E-state index contributed by atoms with van der Waals surface area (Å²) in [5, 5.41) is 11.3. The SMILES string of the molecule is CC1(Nc2nc3ccc(Br)cn3n2)CCNCC1. The van der Waals surface area contributed by atoms with Crippen molar-refractivity contribution in [3.05, 3.63) is 22.8 Å². The zero-order chi connectivity index (χ0) is 12.6. The van der Waals surface area contributed by atoms with Crippen molar-refractivity contribution in [1.82, 2.24) is 19.9 Å². The van der Waals surface area contributed by atoms with Gasteiger partial charge in [0.25, 0.3) is 0 Å². The molecule has 0 aliphatic carbocycles. The number of hydrogen-bond acceptors (Lipinski definition) is 4. The van der Waals surface area contributed by atoms with Crippen LogP contribution < -0.4 is 10.6 Å². The van der Waals surface area contributed by atoms with Crippen molar-refractivity contribution >= 4 is 27.5 Å². The number of rotatable bonds is 2. The average Bonchev–Trinajstić information content (AvgIpc) is 2.70. The number of piperidine rings is 1. The minimum atomic E-state index is 0.0907. The molecule has 0 amide bonds. The topological polar surface area (TPSA) is 54.2 Å². The molecule has 3 heterocycles. The molecule has 1 fully saturated rings. The van der Waals surface area contributed by atoms with E-state index in [0.29, 0.717) is 5.95 Å². The fourth-order valence-electron chi connectivity index (χ4n) is 2.28. The molecule has 0 aromatic carbocycles. The highest BCUT2D eigenvalue weighted by molar-refractivity contribution is 9.10. The van der Waals surface area contributed by atoms with Gasteiger partial charge in [-0.2, -0.15) is 4.98 Å². The lowest BCUT2D eigenvalue weighted by atomic mass is 9.91. The van der Waals surface area contributed by atoms with E-state index < -0.39 is 0 Å². The number of anilines is 1. The summed E-state index contributed by atoms with van der Waals surface area (Å²) in [5.41, 5.74) is 0.950. The lowest BCUT2D eigenvalue weighted by Crippen LogP contribution is -2.45. The van der Waals surface area contributed by atoms with Crippen LogP contribution in [0.3, 0.4) is 0 Å². The molecule has 1 aliphatic heterocycles. The summed E-state index contributed by atoms with van der Waals surface area (Å²) < 4.78 is 2.79. The molecule has 96 valence electrons. The van der Waals surface area contributed by atoms with E-state index in [1.165, 1.54) is 0 Å². The second-order valence-corrected chi connectivity index (χ2v) is 5.94. The number of fused-ring (bicyclic) bond motifs is 1. The van der Waals surface area contributed by atoms with Crippen LogP contribution in [0.15, 0.2) is 22.8 Å². The second kappa shape index (κ2) is 4.51. The molecule has 0 spiro atoms. The zero-order valence-corrected chi connectivity index (χ0v) is 11.9. The number of aromatic nitrogens is 3. The van der Waals surface area contributed by atoms with E-state index in [2.05, 4.69) is 43.6 Å². The number of nitrogens with zero attached hydrogens (tertiary/aromatic N) is 3. The van der Waals surface area contributed by atoms with Gasteiger partial charge in [-0.25, -0.2) is 4.52 Å². The van der Waals surface area contributed by atoms with Crippen molar-refractivity contribution in [2.75, 3.05) is 18.4 Å². The smallest absolute Gasteiger partial charge is 0.243 e. The van der Waals surface area contributed by atoms with Crippen molar-refractivity contribution in [1.29, 1.82) is 0 Å². The Hall–Kier alpha value is -1.14. The van der Waals surface area contributed by atoms with E-state index in [0.717, 1.165) is 36.1 Å². The summed E-state index contributed by atoms with van der Waals surface area (Å²) in [5.74, 6) is 0.706. The Bertz CT molecular complexity index is 559. The fourth-order valence-corrected chi connectivity index (χ4v) is 2.61. The van der Waals surface area contributed by atoms with Crippen LogP contribution in [0.4, 0.5) is 5.95 Å². The minimum absolute atomic E-state index is 0.0907. The van der Waals surface area contributed by atoms with Gasteiger partial charge in [-0.1, -0.05) is 0 Å². The van der Waals surface area contributed by atoms with Crippen molar-refractivity contribution in [3.8, 4) is 0 Å². The standard InChI is InChI=1S/C12H16BrN5/c1-12(4-6-14-7-5-12)16-11-15-10-3-2-9(13)8-18(10)17-11/h2-3,8,14H,4-7H2,1H3,(H,16,17). The molecule has 0 saturated carbocycles. The zero-order valence-electron chi connectivity index (χ0n) is 10.3. The predicted molar refractivity (Wildman–Crippen MR) is 74.8 cm³/mol. The first-order valence-electron chi connectivity index (χ1n) is 6.16. The van der Waals surface area contributed by atoms with E-state index in [-0.39, 0.29) is 5.54 Å². The molecule has 0 radical (unpaired) electrons. The van der Waals surface area contributed by atoms with Crippen molar-refractivity contribution < 1.29 is 0 Å². The molecule has 5 nitrogen and oxygen atoms in total. The first-order chi connectivity index (χ1) is 8.65. The number of nitrogens with one attached hydrogen (secondary N) is 2. The van der Waals surface area contributed by atoms with Gasteiger partial charge in [-0.3, -0.25) is 0 Å². The predicted octanol–water partition coefficient (Wildman–Crippen LogP) is 2.05. The van der Waals surface area contributed by atoms with Crippen LogP contribution in [-0.4, -0.2) is 33.2 Å². The Morgan fingerprint density at radius 1 is 1.39 bits per heavy atom. The summed E-state index contributed by atoms with van der Waals surface area (Å²) >= 11 is 3.43. The van der Waals surface area contributed by atoms with Gasteiger partial charge in [0.05, 0.1) is 0 Å². The third-order valence-corrected chi connectivity index (χ3v) is 3.88. The Balaban J connectivity index is 1.86. The Labute approximate surface area is 114 Å². The van der Waals surface area contributed by atoms with Gasteiger partial charge >= 0.3 is 0 Å². The monoisotopic (exact) mass is 309 g/mol. The molecule has 6 heteroatoms. The van der Waals surface area contributed by atoms with Crippen LogP contribution >= 0.6 is 15.9 Å². The molecule has 2 aromatic rings. The molecule has 1 aliphatic rings. The van der Waals surface area contributed by atoms with E-state index in [9.17, 15) is 0 Å². The highest BCUT2D eigenvalue weighted by Crippen LogP contribution is 2.22. The lowest BCUT2D eigenvalue weighted by Gasteiger charge is -2.34. The summed E-state index contributed by atoms with van der Waals surface area (Å²) in [6, 6.07) is 3.92. The second-order valence-electron chi connectivity index (χ2n) is 5.02. The molecule has 1 saturated heterocycles. The highest BCUT2D eigenvalue weighted by atomic mass is 79.9. The van der Waals surface area contributed by atoms with Crippen LogP contribution in [-0.2, 0) is 0 Å². The van der Waals surface area contributed by atoms with Gasteiger partial charge in [0.2, 0.25) is 5.95 Å². The van der Waals surface area contributed by atoms with E-state index >= 15 is 0 Å². The van der Waals surface area contributed by atoms with Gasteiger partial charge in [0.15, 0.2) is 5.65 Å². The third kappa shape index (κ3) is 2.35. The molecular formula is C12H16BrN5. The van der Waals surface area contributed by atoms with Gasteiger partial charge < -0.3 is 10.6 Å². The highest BCUT2D eigenvalue weighted by Gasteiger charge is 2.27. The van der Waals surface area contributed by atoms with E-state index in [1.54, 1.807) is 4.52 Å². The first-order valence-corrected chi connectivity index (χ1v) is 6.95. The maximum absolute atomic E-state index is 4.49. The van der Waals surface area contributed by atoms with Crippen LogP contribution in [0.25, 0.3) is 5.65 Å². The number of hydrogen-bond donors (Lipinski definition) is 2. The van der Waals surface area contributed by atoms with Crippen LogP contribution in [0.5, 0.6) is 0 Å². The number of pyridine rings is 1. The molecule has 2 N–H and O–H groups in total. The van der Waals surface area contributed by atoms with Gasteiger partial charge in [-0.05, 0) is 60.9 Å².